The molecule has 94 valence electrons. The summed E-state index contributed by atoms with van der Waals surface area (Å²) in [6.45, 7) is 4.23. The first kappa shape index (κ1) is 12.1. The van der Waals surface area contributed by atoms with Gasteiger partial charge in [0, 0.05) is 19.6 Å². The molecule has 17 heavy (non-hydrogen) atoms. The summed E-state index contributed by atoms with van der Waals surface area (Å²) < 4.78 is 10.8. The molecular formula is C12H19N3O2. The number of rotatable bonds is 3. The molecule has 1 aliphatic heterocycles. The Morgan fingerprint density at radius 3 is 2.94 bits per heavy atom. The van der Waals surface area contributed by atoms with E-state index < -0.39 is 0 Å². The van der Waals surface area contributed by atoms with Crippen LogP contribution in [-0.2, 0) is 4.74 Å². The maximum Gasteiger partial charge on any atom is 0.137 e. The van der Waals surface area contributed by atoms with Crippen molar-refractivity contribution in [3.63, 3.8) is 0 Å². The summed E-state index contributed by atoms with van der Waals surface area (Å²) in [5.41, 5.74) is 5.66. The van der Waals surface area contributed by atoms with Crippen LogP contribution in [0.2, 0.25) is 0 Å². The van der Waals surface area contributed by atoms with Crippen molar-refractivity contribution in [1.82, 2.24) is 4.98 Å². The van der Waals surface area contributed by atoms with E-state index >= 15 is 0 Å². The van der Waals surface area contributed by atoms with Crippen LogP contribution in [0.25, 0.3) is 0 Å². The number of anilines is 1. The first-order chi connectivity index (χ1) is 8.22. The molecule has 1 fully saturated rings. The highest BCUT2D eigenvalue weighted by Gasteiger charge is 2.24. The van der Waals surface area contributed by atoms with Crippen LogP contribution >= 0.6 is 0 Å². The summed E-state index contributed by atoms with van der Waals surface area (Å²) >= 11 is 0. The fraction of sp³-hybridized carbons (Fsp3) is 0.583. The lowest BCUT2D eigenvalue weighted by Crippen LogP contribution is -2.49. The molecule has 0 radical (unpaired) electrons. The summed E-state index contributed by atoms with van der Waals surface area (Å²) in [7, 11) is 1.64. The number of ether oxygens (including phenoxy) is 2. The molecule has 2 N–H and O–H groups in total. The van der Waals surface area contributed by atoms with Crippen LogP contribution in [0.3, 0.4) is 0 Å². The number of nitrogens with two attached hydrogens (primary N) is 1. The van der Waals surface area contributed by atoms with E-state index in [-0.39, 0.29) is 12.2 Å². The van der Waals surface area contributed by atoms with Gasteiger partial charge in [-0.2, -0.15) is 0 Å². The maximum absolute atomic E-state index is 5.71. The van der Waals surface area contributed by atoms with Gasteiger partial charge in [-0.3, -0.25) is 0 Å². The third-order valence-corrected chi connectivity index (χ3v) is 2.87. The Morgan fingerprint density at radius 2 is 2.35 bits per heavy atom. The molecule has 0 saturated carbocycles. The van der Waals surface area contributed by atoms with Crippen molar-refractivity contribution in [3.8, 4) is 5.75 Å². The highest BCUT2D eigenvalue weighted by molar-refractivity contribution is 5.41. The van der Waals surface area contributed by atoms with Crippen LogP contribution < -0.4 is 15.4 Å². The van der Waals surface area contributed by atoms with E-state index in [4.69, 9.17) is 15.2 Å². The summed E-state index contributed by atoms with van der Waals surface area (Å²) in [6, 6.07) is 3.88. The van der Waals surface area contributed by atoms with Gasteiger partial charge in [0.05, 0.1) is 25.5 Å². The lowest BCUT2D eigenvalue weighted by molar-refractivity contribution is -0.0107. The van der Waals surface area contributed by atoms with Gasteiger partial charge in [0.15, 0.2) is 0 Å². The lowest BCUT2D eigenvalue weighted by atomic mass is 10.2. The molecule has 2 unspecified atom stereocenters. The molecule has 1 saturated heterocycles. The zero-order valence-corrected chi connectivity index (χ0v) is 10.3. The fourth-order valence-electron chi connectivity index (χ4n) is 2.04. The summed E-state index contributed by atoms with van der Waals surface area (Å²) in [5, 5.41) is 0. The Labute approximate surface area is 102 Å². The molecular weight excluding hydrogens is 218 g/mol. The Morgan fingerprint density at radius 1 is 1.53 bits per heavy atom. The smallest absolute Gasteiger partial charge is 0.137 e. The minimum atomic E-state index is 0.0858. The zero-order valence-electron chi connectivity index (χ0n) is 10.3. The third kappa shape index (κ3) is 2.87. The van der Waals surface area contributed by atoms with Crippen LogP contribution in [0.5, 0.6) is 5.75 Å². The van der Waals surface area contributed by atoms with Crippen molar-refractivity contribution in [3.05, 3.63) is 18.3 Å². The Hall–Kier alpha value is -1.33. The molecule has 5 heteroatoms. The fourth-order valence-corrected chi connectivity index (χ4v) is 2.04. The highest BCUT2D eigenvalue weighted by Crippen LogP contribution is 2.19. The van der Waals surface area contributed by atoms with Gasteiger partial charge in [0.2, 0.25) is 0 Å². The van der Waals surface area contributed by atoms with E-state index in [2.05, 4.69) is 16.8 Å². The SMILES string of the molecule is COc1ccc(N2CC(C)OC(CN)C2)nc1. The summed E-state index contributed by atoms with van der Waals surface area (Å²) in [6.07, 6.45) is 2.00. The van der Waals surface area contributed by atoms with Gasteiger partial charge in [-0.25, -0.2) is 4.98 Å². The van der Waals surface area contributed by atoms with Gasteiger partial charge >= 0.3 is 0 Å². The molecule has 1 aliphatic rings. The average Bonchev–Trinajstić information content (AvgIpc) is 2.38. The first-order valence-electron chi connectivity index (χ1n) is 5.83. The predicted molar refractivity (Wildman–Crippen MR) is 66.4 cm³/mol. The van der Waals surface area contributed by atoms with Crippen molar-refractivity contribution < 1.29 is 9.47 Å². The number of morpholine rings is 1. The molecule has 0 bridgehead atoms. The van der Waals surface area contributed by atoms with E-state index in [1.807, 2.05) is 12.1 Å². The molecule has 0 spiro atoms. The number of methoxy groups -OCH3 is 1. The average molecular weight is 237 g/mol. The molecule has 5 nitrogen and oxygen atoms in total. The monoisotopic (exact) mass is 237 g/mol. The Kier molecular flexibility index (Phi) is 3.81. The standard InChI is InChI=1S/C12H19N3O2/c1-9-7-15(8-11(5-13)17-9)12-4-3-10(16-2)6-14-12/h3-4,6,9,11H,5,7-8,13H2,1-2H3. The van der Waals surface area contributed by atoms with Crippen LogP contribution in [0.4, 0.5) is 5.82 Å². The summed E-state index contributed by atoms with van der Waals surface area (Å²) in [5.74, 6) is 1.71. The second-order valence-corrected chi connectivity index (χ2v) is 4.27. The van der Waals surface area contributed by atoms with Gasteiger partial charge in [0.25, 0.3) is 0 Å². The van der Waals surface area contributed by atoms with Gasteiger partial charge < -0.3 is 20.1 Å². The van der Waals surface area contributed by atoms with Gasteiger partial charge in [-0.1, -0.05) is 0 Å². The maximum atomic E-state index is 5.71. The Bertz CT molecular complexity index is 355. The molecule has 2 heterocycles. The van der Waals surface area contributed by atoms with Crippen LogP contribution in [0.15, 0.2) is 18.3 Å². The van der Waals surface area contributed by atoms with Crippen LogP contribution in [-0.4, -0.2) is 43.9 Å². The van der Waals surface area contributed by atoms with E-state index in [0.29, 0.717) is 6.54 Å². The van der Waals surface area contributed by atoms with Crippen molar-refractivity contribution in [2.45, 2.75) is 19.1 Å². The number of aromatic nitrogens is 1. The third-order valence-electron chi connectivity index (χ3n) is 2.87. The normalized spacial score (nSPS) is 24.8. The molecule has 1 aromatic rings. The van der Waals surface area contributed by atoms with Crippen molar-refractivity contribution >= 4 is 5.82 Å². The molecule has 2 atom stereocenters. The van der Waals surface area contributed by atoms with Gasteiger partial charge in [0.1, 0.15) is 11.6 Å². The van der Waals surface area contributed by atoms with E-state index in [9.17, 15) is 0 Å². The topological polar surface area (TPSA) is 60.6 Å². The molecule has 2 rings (SSSR count). The second-order valence-electron chi connectivity index (χ2n) is 4.27. The number of hydrogen-bond donors (Lipinski definition) is 1. The van der Waals surface area contributed by atoms with Crippen molar-refractivity contribution in [2.24, 2.45) is 5.73 Å². The van der Waals surface area contributed by atoms with Crippen LogP contribution in [0, 0.1) is 0 Å². The predicted octanol–water partition coefficient (Wildman–Crippen LogP) is 0.643. The van der Waals surface area contributed by atoms with Gasteiger partial charge in [-0.05, 0) is 19.1 Å². The minimum absolute atomic E-state index is 0.0858. The first-order valence-corrected chi connectivity index (χ1v) is 5.83. The Balaban J connectivity index is 2.09. The number of pyridine rings is 1. The molecule has 0 aromatic carbocycles. The van der Waals surface area contributed by atoms with E-state index in [0.717, 1.165) is 24.7 Å². The molecule has 1 aromatic heterocycles. The second kappa shape index (κ2) is 5.33. The quantitative estimate of drug-likeness (QED) is 0.836. The molecule has 0 aliphatic carbocycles. The van der Waals surface area contributed by atoms with E-state index in [1.54, 1.807) is 13.3 Å². The van der Waals surface area contributed by atoms with Crippen molar-refractivity contribution in [2.75, 3.05) is 31.6 Å². The summed E-state index contributed by atoms with van der Waals surface area (Å²) in [4.78, 5) is 6.58. The zero-order chi connectivity index (χ0) is 12.3. The lowest BCUT2D eigenvalue weighted by Gasteiger charge is -2.37. The highest BCUT2D eigenvalue weighted by atomic mass is 16.5. The van der Waals surface area contributed by atoms with E-state index in [1.165, 1.54) is 0 Å². The minimum Gasteiger partial charge on any atom is -0.495 e. The number of hydrogen-bond acceptors (Lipinski definition) is 5. The molecule has 0 amide bonds. The van der Waals surface area contributed by atoms with Gasteiger partial charge in [-0.15, -0.1) is 0 Å². The van der Waals surface area contributed by atoms with Crippen LogP contribution in [0.1, 0.15) is 6.92 Å². The van der Waals surface area contributed by atoms with Crippen molar-refractivity contribution in [1.29, 1.82) is 0 Å². The largest absolute Gasteiger partial charge is 0.495 e. The number of nitrogens with zero attached hydrogens (tertiary/aromatic N) is 2.